The van der Waals surface area contributed by atoms with Gasteiger partial charge in [-0.3, -0.25) is 10.1 Å². The van der Waals surface area contributed by atoms with E-state index in [2.05, 4.69) is 10.3 Å². The van der Waals surface area contributed by atoms with E-state index in [0.29, 0.717) is 0 Å². The molecule has 0 unspecified atom stereocenters. The standard InChI is InChI=1S/C8H9N3O2/c12-11(13)7-4-6-2-1-3-9-8(6)10-5-7/h4-5H,1-3H2,(H,9,10). The van der Waals surface area contributed by atoms with Gasteiger partial charge >= 0.3 is 0 Å². The van der Waals surface area contributed by atoms with Crippen LogP contribution in [0.5, 0.6) is 0 Å². The van der Waals surface area contributed by atoms with E-state index in [-0.39, 0.29) is 5.69 Å². The molecule has 1 aliphatic heterocycles. The molecule has 0 amide bonds. The van der Waals surface area contributed by atoms with Gasteiger partial charge in [-0.1, -0.05) is 0 Å². The third kappa shape index (κ3) is 1.44. The summed E-state index contributed by atoms with van der Waals surface area (Å²) < 4.78 is 0. The van der Waals surface area contributed by atoms with Crippen molar-refractivity contribution in [3.8, 4) is 0 Å². The lowest BCUT2D eigenvalue weighted by atomic mass is 10.1. The fourth-order valence-corrected chi connectivity index (χ4v) is 1.43. The van der Waals surface area contributed by atoms with Gasteiger partial charge in [0.15, 0.2) is 0 Å². The summed E-state index contributed by atoms with van der Waals surface area (Å²) in [5, 5.41) is 13.5. The van der Waals surface area contributed by atoms with Gasteiger partial charge in [0.25, 0.3) is 5.69 Å². The SMILES string of the molecule is O=[N+]([O-])c1cnc2c(c1)CCCN2. The highest BCUT2D eigenvalue weighted by atomic mass is 16.6. The highest BCUT2D eigenvalue weighted by Gasteiger charge is 2.14. The smallest absolute Gasteiger partial charge is 0.288 e. The number of fused-ring (bicyclic) bond motifs is 1. The molecule has 1 aliphatic rings. The lowest BCUT2D eigenvalue weighted by molar-refractivity contribution is -0.385. The summed E-state index contributed by atoms with van der Waals surface area (Å²) in [6.45, 7) is 0.901. The summed E-state index contributed by atoms with van der Waals surface area (Å²) in [5.41, 5.74) is 1.02. The Bertz CT molecular complexity index is 351. The van der Waals surface area contributed by atoms with Crippen LogP contribution in [-0.2, 0) is 6.42 Å². The lowest BCUT2D eigenvalue weighted by Gasteiger charge is -2.15. The molecule has 0 aliphatic carbocycles. The van der Waals surface area contributed by atoms with Crippen molar-refractivity contribution < 1.29 is 4.92 Å². The Labute approximate surface area is 74.9 Å². The molecular weight excluding hydrogens is 170 g/mol. The van der Waals surface area contributed by atoms with Gasteiger partial charge < -0.3 is 5.32 Å². The second kappa shape index (κ2) is 3.01. The van der Waals surface area contributed by atoms with Gasteiger partial charge in [0.2, 0.25) is 0 Å². The molecule has 0 aromatic carbocycles. The molecule has 68 valence electrons. The minimum Gasteiger partial charge on any atom is -0.370 e. The molecule has 0 saturated heterocycles. The van der Waals surface area contributed by atoms with Gasteiger partial charge in [0, 0.05) is 18.2 Å². The number of hydrogen-bond donors (Lipinski definition) is 1. The van der Waals surface area contributed by atoms with Crippen molar-refractivity contribution in [1.82, 2.24) is 4.98 Å². The zero-order valence-electron chi connectivity index (χ0n) is 6.99. The quantitative estimate of drug-likeness (QED) is 0.522. The predicted molar refractivity (Wildman–Crippen MR) is 47.7 cm³/mol. The Hall–Kier alpha value is -1.65. The van der Waals surface area contributed by atoms with Crippen molar-refractivity contribution >= 4 is 11.5 Å². The summed E-state index contributed by atoms with van der Waals surface area (Å²) in [4.78, 5) is 14.0. The molecule has 0 atom stereocenters. The molecule has 2 rings (SSSR count). The molecule has 5 nitrogen and oxygen atoms in total. The van der Waals surface area contributed by atoms with Crippen LogP contribution in [0.1, 0.15) is 12.0 Å². The van der Waals surface area contributed by atoms with Crippen molar-refractivity contribution in [2.75, 3.05) is 11.9 Å². The van der Waals surface area contributed by atoms with E-state index in [1.165, 1.54) is 6.20 Å². The number of pyridine rings is 1. The average molecular weight is 179 g/mol. The Kier molecular flexibility index (Phi) is 1.84. The summed E-state index contributed by atoms with van der Waals surface area (Å²) in [6, 6.07) is 1.59. The fraction of sp³-hybridized carbons (Fsp3) is 0.375. The number of aryl methyl sites for hydroxylation is 1. The monoisotopic (exact) mass is 179 g/mol. The maximum Gasteiger partial charge on any atom is 0.288 e. The number of anilines is 1. The molecule has 2 heterocycles. The Morgan fingerprint density at radius 1 is 1.62 bits per heavy atom. The first-order valence-electron chi connectivity index (χ1n) is 4.14. The van der Waals surface area contributed by atoms with Crippen molar-refractivity contribution in [3.05, 3.63) is 27.9 Å². The van der Waals surface area contributed by atoms with Crippen LogP contribution in [-0.4, -0.2) is 16.5 Å². The topological polar surface area (TPSA) is 68.1 Å². The number of nitrogens with one attached hydrogen (secondary N) is 1. The predicted octanol–water partition coefficient (Wildman–Crippen LogP) is 1.35. The van der Waals surface area contributed by atoms with E-state index in [1.807, 2.05) is 0 Å². The largest absolute Gasteiger partial charge is 0.370 e. The van der Waals surface area contributed by atoms with Gasteiger partial charge in [-0.05, 0) is 12.8 Å². The molecule has 5 heteroatoms. The van der Waals surface area contributed by atoms with Crippen LogP contribution in [0.3, 0.4) is 0 Å². The molecule has 13 heavy (non-hydrogen) atoms. The average Bonchev–Trinajstić information content (AvgIpc) is 2.17. The molecule has 0 spiro atoms. The molecule has 0 bridgehead atoms. The van der Waals surface area contributed by atoms with Gasteiger partial charge in [-0.2, -0.15) is 0 Å². The first kappa shape index (κ1) is 7.97. The van der Waals surface area contributed by atoms with E-state index in [0.717, 1.165) is 30.8 Å². The summed E-state index contributed by atoms with van der Waals surface area (Å²) >= 11 is 0. The first-order valence-corrected chi connectivity index (χ1v) is 4.14. The zero-order chi connectivity index (χ0) is 9.26. The minimum absolute atomic E-state index is 0.0717. The molecule has 1 aromatic heterocycles. The van der Waals surface area contributed by atoms with Gasteiger partial charge in [0.1, 0.15) is 12.0 Å². The molecule has 0 fully saturated rings. The van der Waals surface area contributed by atoms with Crippen molar-refractivity contribution in [3.63, 3.8) is 0 Å². The van der Waals surface area contributed by atoms with Crippen LogP contribution < -0.4 is 5.32 Å². The third-order valence-electron chi connectivity index (χ3n) is 2.08. The van der Waals surface area contributed by atoms with E-state index in [4.69, 9.17) is 0 Å². The highest BCUT2D eigenvalue weighted by Crippen LogP contribution is 2.22. The van der Waals surface area contributed by atoms with Crippen LogP contribution in [0.2, 0.25) is 0 Å². The summed E-state index contributed by atoms with van der Waals surface area (Å²) in [6.07, 6.45) is 3.17. The Balaban J connectivity index is 2.40. The highest BCUT2D eigenvalue weighted by molar-refractivity contribution is 5.50. The molecule has 0 radical (unpaired) electrons. The van der Waals surface area contributed by atoms with Crippen LogP contribution in [0.4, 0.5) is 11.5 Å². The Morgan fingerprint density at radius 2 is 2.46 bits per heavy atom. The normalized spacial score (nSPS) is 14.5. The van der Waals surface area contributed by atoms with Crippen LogP contribution in [0.15, 0.2) is 12.3 Å². The van der Waals surface area contributed by atoms with Crippen molar-refractivity contribution in [2.45, 2.75) is 12.8 Å². The molecular formula is C8H9N3O2. The van der Waals surface area contributed by atoms with Crippen molar-refractivity contribution in [1.29, 1.82) is 0 Å². The van der Waals surface area contributed by atoms with Gasteiger partial charge in [0.05, 0.1) is 4.92 Å². The number of hydrogen-bond acceptors (Lipinski definition) is 4. The maximum absolute atomic E-state index is 10.4. The third-order valence-corrected chi connectivity index (χ3v) is 2.08. The number of rotatable bonds is 1. The van der Waals surface area contributed by atoms with E-state index >= 15 is 0 Å². The van der Waals surface area contributed by atoms with Gasteiger partial charge in [-0.25, -0.2) is 4.98 Å². The summed E-state index contributed by atoms with van der Waals surface area (Å²) in [7, 11) is 0. The fourth-order valence-electron chi connectivity index (χ4n) is 1.43. The molecule has 1 aromatic rings. The minimum atomic E-state index is -0.415. The van der Waals surface area contributed by atoms with E-state index in [9.17, 15) is 10.1 Å². The zero-order valence-corrected chi connectivity index (χ0v) is 6.99. The maximum atomic E-state index is 10.4. The van der Waals surface area contributed by atoms with E-state index < -0.39 is 4.92 Å². The lowest BCUT2D eigenvalue weighted by Crippen LogP contribution is -2.13. The van der Waals surface area contributed by atoms with Crippen molar-refractivity contribution in [2.24, 2.45) is 0 Å². The first-order chi connectivity index (χ1) is 6.27. The molecule has 1 N–H and O–H groups in total. The van der Waals surface area contributed by atoms with E-state index in [1.54, 1.807) is 6.07 Å². The second-order valence-electron chi connectivity index (χ2n) is 2.99. The van der Waals surface area contributed by atoms with Crippen LogP contribution >= 0.6 is 0 Å². The summed E-state index contributed by atoms with van der Waals surface area (Å²) in [5.74, 6) is 0.789. The number of aromatic nitrogens is 1. The molecule has 0 saturated carbocycles. The Morgan fingerprint density at radius 3 is 3.23 bits per heavy atom. The number of nitrogens with zero attached hydrogens (tertiary/aromatic N) is 2. The van der Waals surface area contributed by atoms with Crippen LogP contribution in [0.25, 0.3) is 0 Å². The van der Waals surface area contributed by atoms with Crippen LogP contribution in [0, 0.1) is 10.1 Å². The number of nitro groups is 1. The second-order valence-corrected chi connectivity index (χ2v) is 2.99. The van der Waals surface area contributed by atoms with Gasteiger partial charge in [-0.15, -0.1) is 0 Å².